The van der Waals surface area contributed by atoms with Gasteiger partial charge in [0.05, 0.1) is 26.2 Å². The van der Waals surface area contributed by atoms with Crippen molar-refractivity contribution < 1.29 is 19.1 Å². The van der Waals surface area contributed by atoms with Crippen molar-refractivity contribution in [2.24, 2.45) is 0 Å². The van der Waals surface area contributed by atoms with Gasteiger partial charge in [0.1, 0.15) is 5.01 Å². The van der Waals surface area contributed by atoms with Crippen LogP contribution in [0.15, 0.2) is 42.5 Å². The quantitative estimate of drug-likeness (QED) is 0.656. The first-order valence-corrected chi connectivity index (χ1v) is 10.4. The van der Waals surface area contributed by atoms with Crippen molar-refractivity contribution in [3.8, 4) is 11.5 Å². The Hall–Kier alpha value is -3.46. The zero-order valence-corrected chi connectivity index (χ0v) is 18.4. The molecular formula is C22H22N4O4S. The summed E-state index contributed by atoms with van der Waals surface area (Å²) in [7, 11) is 4.81. The summed E-state index contributed by atoms with van der Waals surface area (Å²) in [5, 5.41) is 12.0. The number of benzene rings is 2. The number of likely N-dealkylation sites (N-methyl/N-ethyl adjacent to an activating group) is 1. The van der Waals surface area contributed by atoms with Crippen molar-refractivity contribution in [3.63, 3.8) is 0 Å². The lowest BCUT2D eigenvalue weighted by molar-refractivity contribution is -0.119. The number of aromatic nitrogens is 2. The van der Waals surface area contributed by atoms with Crippen LogP contribution in [0.5, 0.6) is 11.5 Å². The van der Waals surface area contributed by atoms with Crippen LogP contribution in [0.25, 0.3) is 0 Å². The summed E-state index contributed by atoms with van der Waals surface area (Å²) >= 11 is 1.30. The van der Waals surface area contributed by atoms with Gasteiger partial charge in [0.15, 0.2) is 11.5 Å². The van der Waals surface area contributed by atoms with Gasteiger partial charge in [-0.1, -0.05) is 35.6 Å². The topological polar surface area (TPSA) is 93.7 Å². The van der Waals surface area contributed by atoms with Crippen molar-refractivity contribution in [1.29, 1.82) is 0 Å². The predicted molar refractivity (Wildman–Crippen MR) is 117 cm³/mol. The van der Waals surface area contributed by atoms with Crippen molar-refractivity contribution in [2.45, 2.75) is 18.9 Å². The minimum atomic E-state index is -0.652. The number of carbonyl (C=O) groups is 2. The van der Waals surface area contributed by atoms with Gasteiger partial charge >= 0.3 is 0 Å². The summed E-state index contributed by atoms with van der Waals surface area (Å²) in [5.74, 6) is 0.0375. The minimum Gasteiger partial charge on any atom is -0.493 e. The van der Waals surface area contributed by atoms with E-state index in [1.807, 2.05) is 25.1 Å². The van der Waals surface area contributed by atoms with E-state index in [-0.39, 0.29) is 11.8 Å². The molecule has 0 fully saturated rings. The Labute approximate surface area is 183 Å². The summed E-state index contributed by atoms with van der Waals surface area (Å²) in [6, 6.07) is 12.1. The molecule has 8 nitrogen and oxygen atoms in total. The zero-order chi connectivity index (χ0) is 22.1. The number of nitrogens with one attached hydrogen (secondary N) is 1. The Morgan fingerprint density at radius 3 is 2.52 bits per heavy atom. The molecule has 2 atom stereocenters. The van der Waals surface area contributed by atoms with Gasteiger partial charge in [-0.15, -0.1) is 10.2 Å². The van der Waals surface area contributed by atoms with Gasteiger partial charge in [-0.05, 0) is 36.2 Å². The van der Waals surface area contributed by atoms with Crippen LogP contribution in [0, 0.1) is 6.92 Å². The summed E-state index contributed by atoms with van der Waals surface area (Å²) in [5.41, 5.74) is 1.94. The molecule has 2 aromatic carbocycles. The van der Waals surface area contributed by atoms with E-state index in [0.717, 1.165) is 10.6 Å². The Balaban J connectivity index is 1.83. The van der Waals surface area contributed by atoms with Crippen LogP contribution in [0.2, 0.25) is 0 Å². The maximum atomic E-state index is 13.5. The first-order chi connectivity index (χ1) is 14.9. The number of amides is 2. The van der Waals surface area contributed by atoms with Crippen LogP contribution in [0.4, 0.5) is 5.13 Å². The maximum absolute atomic E-state index is 13.5. The highest BCUT2D eigenvalue weighted by molar-refractivity contribution is 7.15. The highest BCUT2D eigenvalue weighted by atomic mass is 32.1. The lowest BCUT2D eigenvalue weighted by atomic mass is 9.79. The monoisotopic (exact) mass is 438 g/mol. The lowest BCUT2D eigenvalue weighted by Crippen LogP contribution is -2.44. The van der Waals surface area contributed by atoms with E-state index in [2.05, 4.69) is 15.5 Å². The number of carbonyl (C=O) groups excluding carboxylic acids is 2. The fraction of sp³-hybridized carbons (Fsp3) is 0.273. The third-order valence-corrected chi connectivity index (χ3v) is 6.12. The second-order valence-electron chi connectivity index (χ2n) is 7.16. The third-order valence-electron chi connectivity index (χ3n) is 5.37. The van der Waals surface area contributed by atoms with Crippen LogP contribution in [-0.2, 0) is 4.79 Å². The summed E-state index contributed by atoms with van der Waals surface area (Å²) < 4.78 is 10.8. The minimum absolute atomic E-state index is 0.147. The van der Waals surface area contributed by atoms with E-state index < -0.39 is 12.0 Å². The highest BCUT2D eigenvalue weighted by Crippen LogP contribution is 2.44. The molecule has 2 heterocycles. The van der Waals surface area contributed by atoms with E-state index in [4.69, 9.17) is 9.47 Å². The fourth-order valence-electron chi connectivity index (χ4n) is 3.94. The lowest BCUT2D eigenvalue weighted by Gasteiger charge is -2.39. The summed E-state index contributed by atoms with van der Waals surface area (Å²) in [6.45, 7) is 1.82. The molecule has 160 valence electrons. The van der Waals surface area contributed by atoms with Crippen LogP contribution in [-0.4, -0.2) is 48.2 Å². The van der Waals surface area contributed by atoms with Gasteiger partial charge in [-0.2, -0.15) is 0 Å². The molecule has 1 aromatic heterocycles. The van der Waals surface area contributed by atoms with E-state index in [0.29, 0.717) is 27.8 Å². The second kappa shape index (κ2) is 8.35. The number of nitrogens with zero attached hydrogens (tertiary/aromatic N) is 3. The number of hydrogen-bond donors (Lipinski definition) is 1. The smallest absolute Gasteiger partial charge is 0.254 e. The molecule has 0 unspecified atom stereocenters. The normalized spacial score (nSPS) is 17.8. The average Bonchev–Trinajstić information content (AvgIpc) is 3.19. The Bertz CT molecular complexity index is 1150. The molecule has 0 bridgehead atoms. The standard InChI is InChI=1S/C22H22N4O4S/c1-12-24-25-22(31-12)23-20(27)18-14-7-5-6-8-15(14)21(28)26(2)19(18)13-9-10-16(29-3)17(11-13)30-4/h5-11,18-19H,1-4H3,(H,23,25,27)/t18-,19-/m1/s1. The maximum Gasteiger partial charge on any atom is 0.254 e. The molecule has 9 heteroatoms. The van der Waals surface area contributed by atoms with Gasteiger partial charge in [0.25, 0.3) is 5.91 Å². The number of ether oxygens (including phenoxy) is 2. The molecule has 2 amide bonds. The molecule has 3 aromatic rings. The summed E-state index contributed by atoms with van der Waals surface area (Å²) in [4.78, 5) is 28.2. The third kappa shape index (κ3) is 3.72. The van der Waals surface area contributed by atoms with Gasteiger partial charge in [-0.25, -0.2) is 0 Å². The largest absolute Gasteiger partial charge is 0.493 e. The molecule has 0 radical (unpaired) electrons. The molecule has 0 saturated carbocycles. The SMILES string of the molecule is COc1ccc([C@@H]2[C@H](C(=O)Nc3nnc(C)s3)c3ccccc3C(=O)N2C)cc1OC. The number of aryl methyl sites for hydroxylation is 1. The summed E-state index contributed by atoms with van der Waals surface area (Å²) in [6.07, 6.45) is 0. The molecular weight excluding hydrogens is 416 g/mol. The van der Waals surface area contributed by atoms with E-state index in [1.165, 1.54) is 11.3 Å². The molecule has 1 aliphatic heterocycles. The zero-order valence-electron chi connectivity index (χ0n) is 17.6. The Morgan fingerprint density at radius 1 is 1.10 bits per heavy atom. The van der Waals surface area contributed by atoms with Gasteiger partial charge in [-0.3, -0.25) is 14.9 Å². The van der Waals surface area contributed by atoms with Crippen LogP contribution >= 0.6 is 11.3 Å². The van der Waals surface area contributed by atoms with Crippen molar-refractivity contribution in [3.05, 3.63) is 64.2 Å². The molecule has 1 N–H and O–H groups in total. The first-order valence-electron chi connectivity index (χ1n) is 9.63. The van der Waals surface area contributed by atoms with E-state index in [1.54, 1.807) is 50.4 Å². The molecule has 1 aliphatic rings. The van der Waals surface area contributed by atoms with Gasteiger partial charge in [0.2, 0.25) is 11.0 Å². The van der Waals surface area contributed by atoms with E-state index in [9.17, 15) is 9.59 Å². The average molecular weight is 439 g/mol. The number of fused-ring (bicyclic) bond motifs is 1. The van der Waals surface area contributed by atoms with Crippen molar-refractivity contribution >= 4 is 28.3 Å². The first kappa shape index (κ1) is 20.8. The van der Waals surface area contributed by atoms with Gasteiger partial charge in [0, 0.05) is 12.6 Å². The van der Waals surface area contributed by atoms with Gasteiger partial charge < -0.3 is 14.4 Å². The number of hydrogen-bond acceptors (Lipinski definition) is 7. The van der Waals surface area contributed by atoms with Crippen molar-refractivity contribution in [1.82, 2.24) is 15.1 Å². The van der Waals surface area contributed by atoms with Crippen LogP contribution < -0.4 is 14.8 Å². The number of anilines is 1. The molecule has 0 aliphatic carbocycles. The molecule has 4 rings (SSSR count). The predicted octanol–water partition coefficient (Wildman–Crippen LogP) is 3.41. The molecule has 31 heavy (non-hydrogen) atoms. The fourth-order valence-corrected chi connectivity index (χ4v) is 4.54. The Kier molecular flexibility index (Phi) is 5.60. The van der Waals surface area contributed by atoms with E-state index >= 15 is 0 Å². The highest BCUT2D eigenvalue weighted by Gasteiger charge is 2.43. The molecule has 0 saturated heterocycles. The number of rotatable bonds is 5. The van der Waals surface area contributed by atoms with Crippen LogP contribution in [0.1, 0.15) is 38.5 Å². The molecule has 0 spiro atoms. The second-order valence-corrected chi connectivity index (χ2v) is 8.34. The number of methoxy groups -OCH3 is 2. The van der Waals surface area contributed by atoms with Crippen molar-refractivity contribution in [2.75, 3.05) is 26.6 Å². The Morgan fingerprint density at radius 2 is 1.84 bits per heavy atom. The van der Waals surface area contributed by atoms with Crippen LogP contribution in [0.3, 0.4) is 0 Å².